The topological polar surface area (TPSA) is 79.7 Å². The van der Waals surface area contributed by atoms with Gasteiger partial charge in [-0.25, -0.2) is 13.1 Å². The first-order chi connectivity index (χ1) is 15.3. The molecule has 170 valence electrons. The van der Waals surface area contributed by atoms with Gasteiger partial charge in [-0.2, -0.15) is 4.31 Å². The van der Waals surface area contributed by atoms with Crippen LogP contribution in [0.4, 0.5) is 10.8 Å². The van der Waals surface area contributed by atoms with Crippen LogP contribution in [0.25, 0.3) is 0 Å². The Labute approximate surface area is 197 Å². The van der Waals surface area contributed by atoms with E-state index in [0.717, 1.165) is 10.8 Å². The average molecular weight is 492 g/mol. The summed E-state index contributed by atoms with van der Waals surface area (Å²) < 4.78 is 35.0. The second-order valence-corrected chi connectivity index (χ2v) is 11.1. The lowest BCUT2D eigenvalue weighted by atomic mass is 10.2. The molecule has 32 heavy (non-hydrogen) atoms. The van der Waals surface area contributed by atoms with Gasteiger partial charge in [-0.15, -0.1) is 5.10 Å². The lowest BCUT2D eigenvalue weighted by Gasteiger charge is -2.33. The zero-order chi connectivity index (χ0) is 22.7. The third-order valence-corrected chi connectivity index (χ3v) is 8.41. The van der Waals surface area contributed by atoms with Crippen molar-refractivity contribution in [2.24, 2.45) is 0 Å². The van der Waals surface area contributed by atoms with Crippen LogP contribution in [-0.4, -0.2) is 60.7 Å². The average Bonchev–Trinajstić information content (AvgIpc) is 3.14. The molecule has 11 heteroatoms. The number of ether oxygens (including phenoxy) is 1. The summed E-state index contributed by atoms with van der Waals surface area (Å²) in [6.07, 6.45) is 0. The normalized spacial score (nSPS) is 15.6. The first kappa shape index (κ1) is 22.9. The van der Waals surface area contributed by atoms with Crippen LogP contribution in [0.1, 0.15) is 5.56 Å². The third-order valence-electron chi connectivity index (χ3n) is 5.27. The van der Waals surface area contributed by atoms with Gasteiger partial charge in [0.2, 0.25) is 15.2 Å². The Hall–Kier alpha value is -2.31. The predicted octanol–water partition coefficient (Wildman–Crippen LogP) is 3.70. The Balaban J connectivity index is 1.36. The molecule has 1 N–H and O–H groups in total. The number of aryl methyl sites for hydroxylation is 1. The van der Waals surface area contributed by atoms with Crippen molar-refractivity contribution in [1.29, 1.82) is 0 Å². The smallest absolute Gasteiger partial charge is 0.243 e. The summed E-state index contributed by atoms with van der Waals surface area (Å²) in [5, 5.41) is 8.61. The van der Waals surface area contributed by atoms with E-state index in [1.165, 1.54) is 21.2 Å². The summed E-state index contributed by atoms with van der Waals surface area (Å²) in [4.78, 5) is 2.44. The van der Waals surface area contributed by atoms with Gasteiger partial charge in [0, 0.05) is 31.9 Å². The zero-order valence-electron chi connectivity index (χ0n) is 17.9. The monoisotopic (exact) mass is 491 g/mol. The quantitative estimate of drug-likeness (QED) is 0.505. The number of nitrogens with one attached hydrogen (secondary N) is 1. The van der Waals surface area contributed by atoms with Crippen LogP contribution < -0.4 is 10.1 Å². The molecule has 2 aromatic carbocycles. The standard InChI is InChI=1S/C21H25N5O3S3/c1-16-3-5-17(6-4-16)22-20-23-26(21(30)31-20)15-24-11-13-25(14-12-24)32(27,28)19-9-7-18(29-2)8-10-19/h3-10H,11-15H2,1-2H3,(H,22,23). The van der Waals surface area contributed by atoms with Crippen LogP contribution in [0.5, 0.6) is 5.75 Å². The lowest BCUT2D eigenvalue weighted by molar-refractivity contribution is 0.145. The van der Waals surface area contributed by atoms with Crippen molar-refractivity contribution in [3.05, 3.63) is 58.0 Å². The second kappa shape index (κ2) is 9.67. The van der Waals surface area contributed by atoms with Crippen molar-refractivity contribution in [1.82, 2.24) is 19.0 Å². The van der Waals surface area contributed by atoms with Crippen LogP contribution >= 0.6 is 23.6 Å². The Bertz CT molecular complexity index is 1210. The molecule has 1 fully saturated rings. The molecule has 0 saturated carbocycles. The van der Waals surface area contributed by atoms with Gasteiger partial charge in [-0.05, 0) is 55.5 Å². The van der Waals surface area contributed by atoms with E-state index in [9.17, 15) is 8.42 Å². The van der Waals surface area contributed by atoms with Crippen LogP contribution in [0.3, 0.4) is 0 Å². The fourth-order valence-corrected chi connectivity index (χ4v) is 5.84. The number of rotatable bonds is 7. The van der Waals surface area contributed by atoms with Gasteiger partial charge in [-0.1, -0.05) is 29.0 Å². The van der Waals surface area contributed by atoms with Gasteiger partial charge in [-0.3, -0.25) is 4.90 Å². The fraction of sp³-hybridized carbons (Fsp3) is 0.333. The Kier molecular flexibility index (Phi) is 6.91. The van der Waals surface area contributed by atoms with Gasteiger partial charge >= 0.3 is 0 Å². The van der Waals surface area contributed by atoms with E-state index in [1.54, 1.807) is 36.1 Å². The highest BCUT2D eigenvalue weighted by Crippen LogP contribution is 2.23. The van der Waals surface area contributed by atoms with E-state index < -0.39 is 10.0 Å². The highest BCUT2D eigenvalue weighted by molar-refractivity contribution is 7.89. The first-order valence-corrected chi connectivity index (χ1v) is 12.8. The van der Waals surface area contributed by atoms with Crippen LogP contribution in [0.2, 0.25) is 0 Å². The second-order valence-electron chi connectivity index (χ2n) is 7.50. The van der Waals surface area contributed by atoms with Crippen molar-refractivity contribution in [2.45, 2.75) is 18.5 Å². The van der Waals surface area contributed by atoms with Crippen LogP contribution in [-0.2, 0) is 16.7 Å². The summed E-state index contributed by atoms with van der Waals surface area (Å²) in [5.74, 6) is 0.630. The molecular formula is C21H25N5O3S3. The maximum Gasteiger partial charge on any atom is 0.243 e. The number of sulfonamides is 1. The molecule has 0 aliphatic carbocycles. The van der Waals surface area contributed by atoms with Gasteiger partial charge in [0.05, 0.1) is 18.7 Å². The molecular weight excluding hydrogens is 466 g/mol. The van der Waals surface area contributed by atoms with Crippen LogP contribution in [0, 0.1) is 10.9 Å². The molecule has 1 aliphatic rings. The summed E-state index contributed by atoms with van der Waals surface area (Å²) in [6, 6.07) is 14.6. The highest BCUT2D eigenvalue weighted by atomic mass is 32.2. The van der Waals surface area contributed by atoms with E-state index >= 15 is 0 Å². The van der Waals surface area contributed by atoms with Gasteiger partial charge in [0.25, 0.3) is 0 Å². The first-order valence-electron chi connectivity index (χ1n) is 10.1. The fourth-order valence-electron chi connectivity index (χ4n) is 3.40. The predicted molar refractivity (Wildman–Crippen MR) is 129 cm³/mol. The number of hydrogen-bond acceptors (Lipinski definition) is 8. The molecule has 1 saturated heterocycles. The minimum atomic E-state index is -3.52. The van der Waals surface area contributed by atoms with Crippen molar-refractivity contribution >= 4 is 44.4 Å². The Morgan fingerprint density at radius 1 is 1.06 bits per heavy atom. The molecule has 3 aromatic rings. The zero-order valence-corrected chi connectivity index (χ0v) is 20.3. The molecule has 0 amide bonds. The minimum Gasteiger partial charge on any atom is -0.497 e. The number of nitrogens with zero attached hydrogens (tertiary/aromatic N) is 4. The molecule has 2 heterocycles. The number of piperazine rings is 1. The number of anilines is 2. The number of hydrogen-bond donors (Lipinski definition) is 1. The van der Waals surface area contributed by atoms with Gasteiger partial charge in [0.15, 0.2) is 3.95 Å². The molecule has 0 atom stereocenters. The van der Waals surface area contributed by atoms with E-state index in [2.05, 4.69) is 15.3 Å². The summed E-state index contributed by atoms with van der Waals surface area (Å²) in [7, 11) is -1.97. The summed E-state index contributed by atoms with van der Waals surface area (Å²) in [6.45, 7) is 4.62. The molecule has 0 radical (unpaired) electrons. The van der Waals surface area contributed by atoms with Crippen LogP contribution in [0.15, 0.2) is 53.4 Å². The van der Waals surface area contributed by atoms with E-state index in [4.69, 9.17) is 17.0 Å². The molecule has 0 bridgehead atoms. The number of aromatic nitrogens is 2. The van der Waals surface area contributed by atoms with E-state index in [1.807, 2.05) is 31.2 Å². The number of benzene rings is 2. The number of methoxy groups -OCH3 is 1. The molecule has 1 aromatic heterocycles. The minimum absolute atomic E-state index is 0.278. The molecule has 0 spiro atoms. The van der Waals surface area contributed by atoms with E-state index in [0.29, 0.717) is 42.6 Å². The summed E-state index contributed by atoms with van der Waals surface area (Å²) in [5.41, 5.74) is 2.16. The molecule has 0 unspecified atom stereocenters. The largest absolute Gasteiger partial charge is 0.497 e. The lowest BCUT2D eigenvalue weighted by Crippen LogP contribution is -2.48. The summed E-state index contributed by atoms with van der Waals surface area (Å²) >= 11 is 6.90. The van der Waals surface area contributed by atoms with Crippen molar-refractivity contribution in [3.8, 4) is 5.75 Å². The third kappa shape index (κ3) is 5.18. The highest BCUT2D eigenvalue weighted by Gasteiger charge is 2.28. The van der Waals surface area contributed by atoms with Gasteiger partial charge < -0.3 is 10.1 Å². The molecule has 8 nitrogen and oxygen atoms in total. The SMILES string of the molecule is COc1ccc(S(=O)(=O)N2CCN(Cn3nc(Nc4ccc(C)cc4)sc3=S)CC2)cc1. The van der Waals surface area contributed by atoms with Crippen molar-refractivity contribution < 1.29 is 13.2 Å². The Morgan fingerprint density at radius 3 is 2.34 bits per heavy atom. The van der Waals surface area contributed by atoms with Crippen molar-refractivity contribution in [2.75, 3.05) is 38.6 Å². The van der Waals surface area contributed by atoms with Crippen molar-refractivity contribution in [3.63, 3.8) is 0 Å². The maximum absolute atomic E-state index is 12.9. The molecule has 4 rings (SSSR count). The van der Waals surface area contributed by atoms with Gasteiger partial charge in [0.1, 0.15) is 5.75 Å². The molecule has 1 aliphatic heterocycles. The maximum atomic E-state index is 12.9. The van der Waals surface area contributed by atoms with E-state index in [-0.39, 0.29) is 4.90 Å². The Morgan fingerprint density at radius 2 is 1.72 bits per heavy atom.